The Balaban J connectivity index is 1.21. The molecule has 0 saturated carbocycles. The van der Waals surface area contributed by atoms with E-state index >= 15 is 0 Å². The molecule has 2 aliphatic heterocycles. The third-order valence-electron chi connectivity index (χ3n) is 6.43. The third-order valence-corrected chi connectivity index (χ3v) is 9.30. The first kappa shape index (κ1) is 24.7. The zero-order valence-corrected chi connectivity index (χ0v) is 21.9. The highest BCUT2D eigenvalue weighted by molar-refractivity contribution is 8.00. The lowest BCUT2D eigenvalue weighted by molar-refractivity contribution is 0.0792. The maximum atomic E-state index is 13.4. The molecule has 0 aliphatic carbocycles. The normalized spacial score (nSPS) is 15.7. The average molecular weight is 527 g/mol. The number of carbonyl (C=O) groups is 1. The van der Waals surface area contributed by atoms with Gasteiger partial charge in [0.05, 0.1) is 29.0 Å². The molecule has 0 radical (unpaired) electrons. The van der Waals surface area contributed by atoms with E-state index in [1.54, 1.807) is 41.0 Å². The zero-order chi connectivity index (χ0) is 25.1. The lowest BCUT2D eigenvalue weighted by atomic mass is 10.2. The largest absolute Gasteiger partial charge is 0.493 e. The molecule has 0 unspecified atom stereocenters. The number of anilines is 1. The van der Waals surface area contributed by atoms with Crippen molar-refractivity contribution in [3.8, 4) is 5.75 Å². The number of benzene rings is 2. The van der Waals surface area contributed by atoms with Crippen molar-refractivity contribution in [2.45, 2.75) is 42.5 Å². The lowest BCUT2D eigenvalue weighted by Gasteiger charge is -2.30. The van der Waals surface area contributed by atoms with Crippen molar-refractivity contribution in [3.63, 3.8) is 0 Å². The number of ether oxygens (including phenoxy) is 1. The smallest absolute Gasteiger partial charge is 0.264 e. The standard InChI is InChI=1S/C26H30N4O4S2/c1-20-5-8-23(9-6-20)36(32,33)30-14-16-35-25-10-7-22(17-24(25)30)34-15-4-13-29-19-21(18-27-29)26(31)28-11-2-3-12-28/h5-10,17-19H,2-4,11-16H2,1H3. The molecule has 36 heavy (non-hydrogen) atoms. The van der Waals surface area contributed by atoms with Gasteiger partial charge in [0, 0.05) is 55.5 Å². The van der Waals surface area contributed by atoms with E-state index in [-0.39, 0.29) is 5.91 Å². The molecule has 5 rings (SSSR count). The van der Waals surface area contributed by atoms with E-state index in [9.17, 15) is 13.2 Å². The van der Waals surface area contributed by atoms with E-state index < -0.39 is 10.0 Å². The van der Waals surface area contributed by atoms with Crippen molar-refractivity contribution in [1.29, 1.82) is 0 Å². The van der Waals surface area contributed by atoms with Gasteiger partial charge in [-0.1, -0.05) is 17.7 Å². The maximum Gasteiger partial charge on any atom is 0.264 e. The van der Waals surface area contributed by atoms with Crippen LogP contribution in [0.5, 0.6) is 5.75 Å². The van der Waals surface area contributed by atoms with Crippen LogP contribution in [0.3, 0.4) is 0 Å². The third kappa shape index (κ3) is 5.24. The first-order valence-electron chi connectivity index (χ1n) is 12.2. The van der Waals surface area contributed by atoms with E-state index in [2.05, 4.69) is 5.10 Å². The fourth-order valence-electron chi connectivity index (χ4n) is 4.47. The van der Waals surface area contributed by atoms with E-state index in [0.29, 0.717) is 53.8 Å². The van der Waals surface area contributed by atoms with Crippen molar-refractivity contribution in [2.24, 2.45) is 0 Å². The first-order valence-corrected chi connectivity index (χ1v) is 14.7. The van der Waals surface area contributed by atoms with Crippen LogP contribution in [0.25, 0.3) is 0 Å². The van der Waals surface area contributed by atoms with Gasteiger partial charge < -0.3 is 9.64 Å². The fourth-order valence-corrected chi connectivity index (χ4v) is 7.09. The summed E-state index contributed by atoms with van der Waals surface area (Å²) in [6, 6.07) is 12.6. The van der Waals surface area contributed by atoms with E-state index in [1.807, 2.05) is 42.2 Å². The van der Waals surface area contributed by atoms with Crippen molar-refractivity contribution >= 4 is 33.4 Å². The summed E-state index contributed by atoms with van der Waals surface area (Å²) in [5.41, 5.74) is 2.30. The monoisotopic (exact) mass is 526 g/mol. The van der Waals surface area contributed by atoms with Crippen LogP contribution < -0.4 is 9.04 Å². The Morgan fingerprint density at radius 2 is 1.86 bits per heavy atom. The predicted octanol–water partition coefficient (Wildman–Crippen LogP) is 4.20. The SMILES string of the molecule is Cc1ccc(S(=O)(=O)N2CCSc3ccc(OCCCn4cc(C(=O)N5CCCC5)cn4)cc32)cc1. The Morgan fingerprint density at radius 3 is 2.64 bits per heavy atom. The summed E-state index contributed by atoms with van der Waals surface area (Å²) in [5, 5.41) is 4.32. The van der Waals surface area contributed by atoms with Crippen LogP contribution in [0.4, 0.5) is 5.69 Å². The minimum atomic E-state index is -3.66. The summed E-state index contributed by atoms with van der Waals surface area (Å²) < 4.78 is 35.9. The number of hydrogen-bond donors (Lipinski definition) is 0. The Morgan fingerprint density at radius 1 is 1.08 bits per heavy atom. The lowest BCUT2D eigenvalue weighted by Crippen LogP contribution is -2.35. The number of fused-ring (bicyclic) bond motifs is 1. The molecule has 190 valence electrons. The molecule has 0 bridgehead atoms. The number of hydrogen-bond acceptors (Lipinski definition) is 6. The molecule has 8 nitrogen and oxygen atoms in total. The molecule has 1 saturated heterocycles. The molecule has 2 aromatic carbocycles. The number of thioether (sulfide) groups is 1. The highest BCUT2D eigenvalue weighted by Gasteiger charge is 2.30. The van der Waals surface area contributed by atoms with Crippen LogP contribution in [0.2, 0.25) is 0 Å². The zero-order valence-electron chi connectivity index (χ0n) is 20.3. The van der Waals surface area contributed by atoms with Crippen molar-refractivity contribution in [1.82, 2.24) is 14.7 Å². The molecule has 1 amide bonds. The quantitative estimate of drug-likeness (QED) is 0.409. The molecule has 1 aromatic heterocycles. The molecular weight excluding hydrogens is 496 g/mol. The van der Waals surface area contributed by atoms with E-state index in [4.69, 9.17) is 4.74 Å². The van der Waals surface area contributed by atoms with Crippen molar-refractivity contribution in [3.05, 3.63) is 66.0 Å². The minimum Gasteiger partial charge on any atom is -0.493 e. The minimum absolute atomic E-state index is 0.0482. The molecule has 2 aliphatic rings. The fraction of sp³-hybridized carbons (Fsp3) is 0.385. The van der Waals surface area contributed by atoms with Gasteiger partial charge in [0.15, 0.2) is 0 Å². The van der Waals surface area contributed by atoms with E-state index in [1.165, 1.54) is 4.31 Å². The first-order chi connectivity index (χ1) is 17.4. The van der Waals surface area contributed by atoms with Gasteiger partial charge in [-0.3, -0.25) is 13.8 Å². The second-order valence-corrected chi connectivity index (χ2v) is 12.1. The molecule has 0 atom stereocenters. The van der Waals surface area contributed by atoms with Gasteiger partial charge in [-0.05, 0) is 44.0 Å². The number of amides is 1. The average Bonchev–Trinajstić information content (AvgIpc) is 3.59. The van der Waals surface area contributed by atoms with Crippen LogP contribution in [0.1, 0.15) is 35.2 Å². The number of carbonyl (C=O) groups excluding carboxylic acids is 1. The molecule has 3 heterocycles. The summed E-state index contributed by atoms with van der Waals surface area (Å²) in [7, 11) is -3.66. The summed E-state index contributed by atoms with van der Waals surface area (Å²) in [6.45, 7) is 5.07. The topological polar surface area (TPSA) is 84.7 Å². The van der Waals surface area contributed by atoms with Crippen LogP contribution in [0.15, 0.2) is 64.6 Å². The number of aromatic nitrogens is 2. The van der Waals surface area contributed by atoms with E-state index in [0.717, 1.165) is 36.4 Å². The second-order valence-electron chi connectivity index (χ2n) is 9.06. The van der Waals surface area contributed by atoms with Gasteiger partial charge in [-0.2, -0.15) is 5.10 Å². The Bertz CT molecular complexity index is 1330. The summed E-state index contributed by atoms with van der Waals surface area (Å²) in [5.74, 6) is 1.38. The number of sulfonamides is 1. The number of aryl methyl sites for hydroxylation is 2. The molecular formula is C26H30N4O4S2. The Kier molecular flexibility index (Phi) is 7.25. The molecule has 0 N–H and O–H groups in total. The van der Waals surface area contributed by atoms with Gasteiger partial charge in [0.25, 0.3) is 15.9 Å². The number of nitrogens with zero attached hydrogens (tertiary/aromatic N) is 4. The summed E-state index contributed by atoms with van der Waals surface area (Å²) in [4.78, 5) is 15.6. The molecule has 10 heteroatoms. The molecule has 3 aromatic rings. The maximum absolute atomic E-state index is 13.4. The molecule has 1 fully saturated rings. The van der Waals surface area contributed by atoms with Gasteiger partial charge in [-0.25, -0.2) is 8.42 Å². The second kappa shape index (κ2) is 10.6. The predicted molar refractivity (Wildman–Crippen MR) is 140 cm³/mol. The summed E-state index contributed by atoms with van der Waals surface area (Å²) in [6.07, 6.45) is 6.26. The summed E-state index contributed by atoms with van der Waals surface area (Å²) >= 11 is 1.65. The van der Waals surface area contributed by atoms with Gasteiger partial charge in [0.2, 0.25) is 0 Å². The Labute approximate surface area is 216 Å². The number of likely N-dealkylation sites (tertiary alicyclic amines) is 1. The van der Waals surface area contributed by atoms with Gasteiger partial charge in [0.1, 0.15) is 5.75 Å². The van der Waals surface area contributed by atoms with Crippen LogP contribution in [0, 0.1) is 6.92 Å². The highest BCUT2D eigenvalue weighted by atomic mass is 32.2. The number of rotatable bonds is 8. The van der Waals surface area contributed by atoms with Crippen molar-refractivity contribution in [2.75, 3.05) is 36.3 Å². The Hall–Kier alpha value is -2.98. The van der Waals surface area contributed by atoms with Gasteiger partial charge in [-0.15, -0.1) is 11.8 Å². The highest BCUT2D eigenvalue weighted by Crippen LogP contribution is 2.40. The van der Waals surface area contributed by atoms with Gasteiger partial charge >= 0.3 is 0 Å². The van der Waals surface area contributed by atoms with Crippen LogP contribution in [-0.4, -0.2) is 61.0 Å². The van der Waals surface area contributed by atoms with Crippen LogP contribution in [-0.2, 0) is 16.6 Å². The van der Waals surface area contributed by atoms with Crippen LogP contribution >= 0.6 is 11.8 Å². The van der Waals surface area contributed by atoms with Crippen molar-refractivity contribution < 1.29 is 17.9 Å². The molecule has 0 spiro atoms.